The molecule has 0 aromatic carbocycles. The van der Waals surface area contributed by atoms with Crippen LogP contribution in [-0.2, 0) is 15.4 Å². The molecule has 3 aromatic heterocycles. The van der Waals surface area contributed by atoms with E-state index in [9.17, 15) is 17.9 Å². The maximum absolute atomic E-state index is 14.8. The predicted molar refractivity (Wildman–Crippen MR) is 127 cm³/mol. The van der Waals surface area contributed by atoms with Crippen LogP contribution in [0, 0.1) is 17.8 Å². The van der Waals surface area contributed by atoms with Gasteiger partial charge in [-0.2, -0.15) is 4.39 Å². The van der Waals surface area contributed by atoms with Crippen LogP contribution >= 0.6 is 0 Å². The summed E-state index contributed by atoms with van der Waals surface area (Å²) in [7, 11) is -4.16. The number of amidine groups is 1. The molecule has 3 aromatic rings. The van der Waals surface area contributed by atoms with Crippen molar-refractivity contribution in [3.8, 4) is 17.7 Å². The number of aliphatic hydroxyl groups is 1. The van der Waals surface area contributed by atoms with E-state index in [-0.39, 0.29) is 12.2 Å². The number of ether oxygens (including phenoxy) is 1. The number of hydrogen-bond acceptors (Lipinski definition) is 11. The van der Waals surface area contributed by atoms with Crippen LogP contribution in [0.15, 0.2) is 35.7 Å². The fourth-order valence-corrected chi connectivity index (χ4v) is 5.12. The minimum absolute atomic E-state index is 0.122. The molecule has 1 aliphatic heterocycles. The summed E-state index contributed by atoms with van der Waals surface area (Å²) < 4.78 is 45.5. The fraction of sp³-hybridized carbons (Fsp3) is 0.318. The first kappa shape index (κ1) is 24.2. The van der Waals surface area contributed by atoms with E-state index in [1.165, 1.54) is 31.6 Å². The summed E-state index contributed by atoms with van der Waals surface area (Å²) in [6.45, 7) is 4.32. The van der Waals surface area contributed by atoms with Gasteiger partial charge >= 0.3 is 0 Å². The van der Waals surface area contributed by atoms with Gasteiger partial charge in [0.25, 0.3) is 0 Å². The Balaban J connectivity index is 1.70. The number of anilines is 2. The minimum Gasteiger partial charge on any atom is -0.463 e. The molecule has 35 heavy (non-hydrogen) atoms. The number of sulfone groups is 1. The zero-order valence-corrected chi connectivity index (χ0v) is 19.9. The summed E-state index contributed by atoms with van der Waals surface area (Å²) in [4.78, 5) is 18.5. The van der Waals surface area contributed by atoms with Gasteiger partial charge in [0.2, 0.25) is 16.8 Å². The molecule has 2 atom stereocenters. The lowest BCUT2D eigenvalue weighted by molar-refractivity contribution is 0.204. The topological polar surface area (TPSA) is 166 Å². The second-order valence-corrected chi connectivity index (χ2v) is 10.5. The smallest absolute Gasteiger partial charge is 0.233 e. The minimum atomic E-state index is -4.16. The Hall–Kier alpha value is -3.89. The maximum atomic E-state index is 14.8. The van der Waals surface area contributed by atoms with E-state index in [0.29, 0.717) is 28.4 Å². The summed E-state index contributed by atoms with van der Waals surface area (Å²) in [6, 6.07) is 3.01. The van der Waals surface area contributed by atoms with Crippen LogP contribution < -0.4 is 15.8 Å². The summed E-state index contributed by atoms with van der Waals surface area (Å²) in [5.74, 6) is 3.97. The lowest BCUT2D eigenvalue weighted by Gasteiger charge is -2.36. The number of pyridine rings is 2. The van der Waals surface area contributed by atoms with Crippen molar-refractivity contribution in [2.24, 2.45) is 10.7 Å². The highest BCUT2D eigenvalue weighted by atomic mass is 32.2. The van der Waals surface area contributed by atoms with Crippen LogP contribution in [0.4, 0.5) is 15.9 Å². The number of aliphatic imine (C=N–C) groups is 1. The zero-order valence-electron chi connectivity index (χ0n) is 19.1. The molecule has 0 saturated carbocycles. The predicted octanol–water partition coefficient (Wildman–Crippen LogP) is 1.41. The van der Waals surface area contributed by atoms with E-state index < -0.39 is 37.8 Å². The molecule has 0 unspecified atom stereocenters. The largest absolute Gasteiger partial charge is 0.463 e. The summed E-state index contributed by atoms with van der Waals surface area (Å²) in [5, 5.41) is 13.3. The monoisotopic (exact) mass is 499 g/mol. The molecule has 11 nitrogen and oxygen atoms in total. The molecule has 0 saturated heterocycles. The van der Waals surface area contributed by atoms with Crippen molar-refractivity contribution in [1.29, 1.82) is 0 Å². The molecule has 4 heterocycles. The SMILES string of the molecule is CC#CCOc1cnc2c(Nc3cnc(F)c([C@]4(C)CS(=O)(=O)[C@@](C)(O)C(N)=N4)c3)nccc2n1. The molecule has 0 aliphatic carbocycles. The Kier molecular flexibility index (Phi) is 6.04. The van der Waals surface area contributed by atoms with Gasteiger partial charge in [0.1, 0.15) is 16.9 Å². The second-order valence-electron chi connectivity index (χ2n) is 8.15. The molecular formula is C22H22FN7O4S. The van der Waals surface area contributed by atoms with Crippen LogP contribution in [0.2, 0.25) is 0 Å². The summed E-state index contributed by atoms with van der Waals surface area (Å²) in [5.41, 5.74) is 5.21. The van der Waals surface area contributed by atoms with Gasteiger partial charge < -0.3 is 20.9 Å². The third kappa shape index (κ3) is 4.45. The van der Waals surface area contributed by atoms with E-state index >= 15 is 0 Å². The van der Waals surface area contributed by atoms with Crippen molar-refractivity contribution >= 4 is 38.2 Å². The molecule has 0 radical (unpaired) electrons. The van der Waals surface area contributed by atoms with Crippen molar-refractivity contribution in [3.05, 3.63) is 42.2 Å². The number of nitrogens with two attached hydrogens (primary N) is 1. The standard InChI is InChI=1S/C22H22FN7O4S/c1-4-5-8-34-16-11-26-17-15(29-16)6-7-25-19(17)28-13-9-14(18(23)27-10-13)21(2)12-35(32,33)22(3,31)20(24)30-21/h6-7,9-11,31H,8,12H2,1-3H3,(H2,24,30)(H,25,28)/t21-,22+/m0/s1. The molecule has 0 amide bonds. The number of aromatic nitrogens is 4. The first-order valence-electron chi connectivity index (χ1n) is 10.3. The van der Waals surface area contributed by atoms with Crippen molar-refractivity contribution in [2.45, 2.75) is 31.2 Å². The zero-order chi connectivity index (χ0) is 25.4. The van der Waals surface area contributed by atoms with Gasteiger partial charge in [0.05, 0.1) is 29.4 Å². The number of nitrogens with zero attached hydrogens (tertiary/aromatic N) is 5. The average molecular weight is 500 g/mol. The highest BCUT2D eigenvalue weighted by Gasteiger charge is 2.51. The van der Waals surface area contributed by atoms with Crippen LogP contribution in [0.25, 0.3) is 11.0 Å². The Bertz CT molecular complexity index is 1520. The van der Waals surface area contributed by atoms with E-state index in [0.717, 1.165) is 6.92 Å². The lowest BCUT2D eigenvalue weighted by Crippen LogP contribution is -2.56. The number of nitrogens with one attached hydrogen (secondary N) is 1. The first-order chi connectivity index (χ1) is 16.5. The van der Waals surface area contributed by atoms with Gasteiger partial charge in [-0.3, -0.25) is 4.99 Å². The van der Waals surface area contributed by atoms with E-state index in [1.54, 1.807) is 13.0 Å². The molecule has 0 bridgehead atoms. The molecule has 182 valence electrons. The number of hydrogen-bond donors (Lipinski definition) is 3. The molecule has 0 fully saturated rings. The van der Waals surface area contributed by atoms with Crippen LogP contribution in [0.3, 0.4) is 0 Å². The van der Waals surface area contributed by atoms with Crippen molar-refractivity contribution in [3.63, 3.8) is 0 Å². The third-order valence-corrected chi connectivity index (χ3v) is 7.87. The van der Waals surface area contributed by atoms with Crippen LogP contribution in [-0.4, -0.2) is 56.6 Å². The van der Waals surface area contributed by atoms with Crippen molar-refractivity contribution < 1.29 is 22.7 Å². The van der Waals surface area contributed by atoms with Gasteiger partial charge in [0, 0.05) is 11.8 Å². The molecule has 13 heteroatoms. The van der Waals surface area contributed by atoms with E-state index in [2.05, 4.69) is 42.1 Å². The van der Waals surface area contributed by atoms with Gasteiger partial charge in [0.15, 0.2) is 22.3 Å². The Morgan fingerprint density at radius 2 is 2.06 bits per heavy atom. The maximum Gasteiger partial charge on any atom is 0.233 e. The lowest BCUT2D eigenvalue weighted by atomic mass is 9.95. The van der Waals surface area contributed by atoms with Crippen LogP contribution in [0.5, 0.6) is 5.88 Å². The molecule has 4 rings (SSSR count). The Labute approximate surface area is 200 Å². The number of halogens is 1. The normalized spacial score (nSPS) is 23.2. The van der Waals surface area contributed by atoms with E-state index in [4.69, 9.17) is 10.5 Å². The fourth-order valence-electron chi connectivity index (χ4n) is 3.51. The Morgan fingerprint density at radius 3 is 2.77 bits per heavy atom. The molecular weight excluding hydrogens is 477 g/mol. The van der Waals surface area contributed by atoms with Crippen molar-refractivity contribution in [1.82, 2.24) is 19.9 Å². The average Bonchev–Trinajstić information content (AvgIpc) is 2.79. The second kappa shape index (κ2) is 8.71. The van der Waals surface area contributed by atoms with E-state index in [1.807, 2.05) is 0 Å². The van der Waals surface area contributed by atoms with Crippen molar-refractivity contribution in [2.75, 3.05) is 17.7 Å². The number of rotatable bonds is 5. The quantitative estimate of drug-likeness (QED) is 0.345. The van der Waals surface area contributed by atoms with Gasteiger partial charge in [-0.25, -0.2) is 28.4 Å². The highest BCUT2D eigenvalue weighted by Crippen LogP contribution is 2.37. The van der Waals surface area contributed by atoms with Gasteiger partial charge in [-0.1, -0.05) is 5.92 Å². The molecule has 0 spiro atoms. The summed E-state index contributed by atoms with van der Waals surface area (Å²) in [6.07, 6.45) is 4.16. The Morgan fingerprint density at radius 1 is 1.29 bits per heavy atom. The number of fused-ring (bicyclic) bond motifs is 1. The summed E-state index contributed by atoms with van der Waals surface area (Å²) >= 11 is 0. The van der Waals surface area contributed by atoms with Crippen LogP contribution in [0.1, 0.15) is 26.3 Å². The van der Waals surface area contributed by atoms with Gasteiger partial charge in [-0.15, -0.1) is 5.92 Å². The molecule has 4 N–H and O–H groups in total. The first-order valence-corrected chi connectivity index (χ1v) is 12.0. The third-order valence-electron chi connectivity index (χ3n) is 5.51. The van der Waals surface area contributed by atoms with Gasteiger partial charge in [-0.05, 0) is 32.9 Å². The highest BCUT2D eigenvalue weighted by molar-refractivity contribution is 7.93. The molecule has 1 aliphatic rings.